The molecule has 0 radical (unpaired) electrons. The van der Waals surface area contributed by atoms with Crippen molar-refractivity contribution in [1.82, 2.24) is 16.2 Å². The van der Waals surface area contributed by atoms with Crippen molar-refractivity contribution in [2.75, 3.05) is 0 Å². The van der Waals surface area contributed by atoms with E-state index >= 15 is 0 Å². The number of benzene rings is 3. The summed E-state index contributed by atoms with van der Waals surface area (Å²) >= 11 is 0. The van der Waals surface area contributed by atoms with Gasteiger partial charge in [0, 0.05) is 18.8 Å². The molecular formula is C29H31N3O4. The third-order valence-corrected chi connectivity index (χ3v) is 5.97. The van der Waals surface area contributed by atoms with Crippen LogP contribution in [0, 0.1) is 0 Å². The number of hydrogen-bond acceptors (Lipinski definition) is 4. The second-order valence-electron chi connectivity index (χ2n) is 9.86. The third kappa shape index (κ3) is 6.10. The zero-order valence-electron chi connectivity index (χ0n) is 20.7. The Balaban J connectivity index is 1.41. The lowest BCUT2D eigenvalue weighted by atomic mass is 9.93. The summed E-state index contributed by atoms with van der Waals surface area (Å²) in [4.78, 5) is 38.2. The monoisotopic (exact) mass is 485 g/mol. The van der Waals surface area contributed by atoms with Crippen molar-refractivity contribution >= 4 is 17.9 Å². The highest BCUT2D eigenvalue weighted by Crippen LogP contribution is 2.45. The van der Waals surface area contributed by atoms with Crippen LogP contribution in [0.2, 0.25) is 0 Å². The van der Waals surface area contributed by atoms with Crippen LogP contribution in [0.3, 0.4) is 0 Å². The summed E-state index contributed by atoms with van der Waals surface area (Å²) in [6, 6.07) is 24.5. The molecule has 0 heterocycles. The van der Waals surface area contributed by atoms with Gasteiger partial charge in [0.2, 0.25) is 5.91 Å². The van der Waals surface area contributed by atoms with Crippen molar-refractivity contribution in [3.8, 4) is 11.1 Å². The van der Waals surface area contributed by atoms with Crippen LogP contribution in [-0.2, 0) is 20.7 Å². The first kappa shape index (κ1) is 25.0. The molecule has 0 aromatic heterocycles. The van der Waals surface area contributed by atoms with E-state index in [0.717, 1.165) is 27.8 Å². The zero-order valence-corrected chi connectivity index (χ0v) is 20.7. The molecule has 3 aromatic rings. The molecule has 36 heavy (non-hydrogen) atoms. The number of alkyl carbamates (subject to hydrolysis) is 1. The molecule has 1 aliphatic carbocycles. The molecule has 0 fully saturated rings. The molecule has 4 rings (SSSR count). The van der Waals surface area contributed by atoms with Crippen LogP contribution in [-0.4, -0.2) is 29.6 Å². The Bertz CT molecular complexity index is 1210. The summed E-state index contributed by atoms with van der Waals surface area (Å²) in [7, 11) is 0. The van der Waals surface area contributed by atoms with E-state index in [-0.39, 0.29) is 24.7 Å². The van der Waals surface area contributed by atoms with E-state index in [2.05, 4.69) is 28.3 Å². The van der Waals surface area contributed by atoms with Gasteiger partial charge in [-0.05, 0) is 48.6 Å². The standard InChI is InChI=1S/C29H31N3O4/c1-29(2,3)36-28(35)30-25(17-19-11-5-4-6-12-19)27(34)32-31-26(33)18-24-22-15-9-7-13-20(22)21-14-8-10-16-23(21)24/h4-16,24-25H,17-18H2,1-3H3,(H,30,35)(H,31,33)(H,32,34)/t25-/m1/s1. The molecule has 186 valence electrons. The molecule has 0 spiro atoms. The highest BCUT2D eigenvalue weighted by Gasteiger charge is 2.30. The van der Waals surface area contributed by atoms with Crippen LogP contribution in [0.15, 0.2) is 78.9 Å². The molecular weight excluding hydrogens is 454 g/mol. The number of amides is 3. The average molecular weight is 486 g/mol. The van der Waals surface area contributed by atoms with Gasteiger partial charge in [-0.25, -0.2) is 4.79 Å². The van der Waals surface area contributed by atoms with Gasteiger partial charge in [0.15, 0.2) is 0 Å². The molecule has 0 aliphatic heterocycles. The van der Waals surface area contributed by atoms with Crippen molar-refractivity contribution in [2.45, 2.75) is 51.2 Å². The molecule has 3 N–H and O–H groups in total. The molecule has 0 unspecified atom stereocenters. The van der Waals surface area contributed by atoms with E-state index in [0.29, 0.717) is 0 Å². The lowest BCUT2D eigenvalue weighted by molar-refractivity contribution is -0.130. The number of fused-ring (bicyclic) bond motifs is 3. The van der Waals surface area contributed by atoms with E-state index in [4.69, 9.17) is 4.74 Å². The van der Waals surface area contributed by atoms with Gasteiger partial charge in [-0.3, -0.25) is 20.4 Å². The van der Waals surface area contributed by atoms with Crippen molar-refractivity contribution in [3.05, 3.63) is 95.6 Å². The van der Waals surface area contributed by atoms with Gasteiger partial charge in [-0.1, -0.05) is 78.9 Å². The number of carbonyl (C=O) groups is 3. The third-order valence-electron chi connectivity index (χ3n) is 5.97. The Kier molecular flexibility index (Phi) is 7.38. The Morgan fingerprint density at radius 1 is 0.806 bits per heavy atom. The Morgan fingerprint density at radius 2 is 1.36 bits per heavy atom. The summed E-state index contributed by atoms with van der Waals surface area (Å²) < 4.78 is 5.32. The lowest BCUT2D eigenvalue weighted by Gasteiger charge is -2.23. The Hall–Kier alpha value is -4.13. The van der Waals surface area contributed by atoms with E-state index < -0.39 is 23.6 Å². The Morgan fingerprint density at radius 3 is 1.94 bits per heavy atom. The number of hydrazine groups is 1. The van der Waals surface area contributed by atoms with Gasteiger partial charge in [0.05, 0.1) is 0 Å². The SMILES string of the molecule is CC(C)(C)OC(=O)N[C@H](Cc1ccccc1)C(=O)NNC(=O)CC1c2ccccc2-c2ccccc21. The van der Waals surface area contributed by atoms with Crippen LogP contribution < -0.4 is 16.2 Å². The van der Waals surface area contributed by atoms with E-state index in [1.165, 1.54) is 0 Å². The molecule has 1 atom stereocenters. The minimum Gasteiger partial charge on any atom is -0.444 e. The minimum atomic E-state index is -0.935. The van der Waals surface area contributed by atoms with Crippen LogP contribution in [0.4, 0.5) is 4.79 Å². The average Bonchev–Trinajstić information content (AvgIpc) is 3.15. The maximum atomic E-state index is 13.0. The molecule has 7 heteroatoms. The van der Waals surface area contributed by atoms with E-state index in [1.54, 1.807) is 20.8 Å². The van der Waals surface area contributed by atoms with Gasteiger partial charge < -0.3 is 10.1 Å². The van der Waals surface area contributed by atoms with Gasteiger partial charge in [0.25, 0.3) is 5.91 Å². The van der Waals surface area contributed by atoms with Gasteiger partial charge in [-0.2, -0.15) is 0 Å². The lowest BCUT2D eigenvalue weighted by Crippen LogP contribution is -2.53. The fourth-order valence-corrected chi connectivity index (χ4v) is 4.44. The molecule has 0 saturated carbocycles. The minimum absolute atomic E-state index is 0.102. The van der Waals surface area contributed by atoms with Gasteiger partial charge in [0.1, 0.15) is 11.6 Å². The predicted molar refractivity (Wildman–Crippen MR) is 138 cm³/mol. The van der Waals surface area contributed by atoms with Gasteiger partial charge >= 0.3 is 6.09 Å². The topological polar surface area (TPSA) is 96.5 Å². The number of carbonyl (C=O) groups excluding carboxylic acids is 3. The highest BCUT2D eigenvalue weighted by molar-refractivity contribution is 5.89. The van der Waals surface area contributed by atoms with Crippen LogP contribution >= 0.6 is 0 Å². The second kappa shape index (κ2) is 10.6. The first-order valence-electron chi connectivity index (χ1n) is 12.0. The molecule has 0 bridgehead atoms. The second-order valence-corrected chi connectivity index (χ2v) is 9.86. The highest BCUT2D eigenvalue weighted by atomic mass is 16.6. The Labute approximate surface area is 211 Å². The summed E-state index contributed by atoms with van der Waals surface area (Å²) in [5.41, 5.74) is 9.60. The van der Waals surface area contributed by atoms with Crippen molar-refractivity contribution in [3.63, 3.8) is 0 Å². The quantitative estimate of drug-likeness (QED) is 0.449. The van der Waals surface area contributed by atoms with E-state index in [9.17, 15) is 14.4 Å². The number of rotatable bonds is 6. The van der Waals surface area contributed by atoms with Crippen LogP contribution in [0.5, 0.6) is 0 Å². The summed E-state index contributed by atoms with van der Waals surface area (Å²) in [5, 5.41) is 2.62. The summed E-state index contributed by atoms with van der Waals surface area (Å²) in [6.07, 6.45) is -0.286. The maximum absolute atomic E-state index is 13.0. The number of hydrogen-bond donors (Lipinski definition) is 3. The molecule has 1 aliphatic rings. The largest absolute Gasteiger partial charge is 0.444 e. The first-order valence-corrected chi connectivity index (χ1v) is 12.0. The zero-order chi connectivity index (χ0) is 25.7. The fourth-order valence-electron chi connectivity index (χ4n) is 4.44. The fraction of sp³-hybridized carbons (Fsp3) is 0.276. The predicted octanol–water partition coefficient (Wildman–Crippen LogP) is 4.47. The number of nitrogens with one attached hydrogen (secondary N) is 3. The molecule has 3 amide bonds. The van der Waals surface area contributed by atoms with Gasteiger partial charge in [-0.15, -0.1) is 0 Å². The number of ether oxygens (including phenoxy) is 1. The van der Waals surface area contributed by atoms with E-state index in [1.807, 2.05) is 66.7 Å². The van der Waals surface area contributed by atoms with Crippen molar-refractivity contribution in [2.24, 2.45) is 0 Å². The van der Waals surface area contributed by atoms with Crippen molar-refractivity contribution < 1.29 is 19.1 Å². The summed E-state index contributed by atoms with van der Waals surface area (Å²) in [6.45, 7) is 5.25. The maximum Gasteiger partial charge on any atom is 0.408 e. The van der Waals surface area contributed by atoms with Crippen LogP contribution in [0.25, 0.3) is 11.1 Å². The van der Waals surface area contributed by atoms with Crippen molar-refractivity contribution in [1.29, 1.82) is 0 Å². The molecule has 3 aromatic carbocycles. The normalized spacial score (nSPS) is 13.2. The molecule has 7 nitrogen and oxygen atoms in total. The molecule has 0 saturated heterocycles. The van der Waals surface area contributed by atoms with Crippen LogP contribution in [0.1, 0.15) is 49.8 Å². The summed E-state index contributed by atoms with van der Waals surface area (Å²) in [5.74, 6) is -0.963. The first-order chi connectivity index (χ1) is 17.2. The smallest absolute Gasteiger partial charge is 0.408 e.